The predicted octanol–water partition coefficient (Wildman–Crippen LogP) is 4.12. The molecule has 0 aliphatic carbocycles. The molecule has 0 aromatic heterocycles. The van der Waals surface area contributed by atoms with Gasteiger partial charge in [-0.05, 0) is 58.0 Å². The van der Waals surface area contributed by atoms with E-state index >= 15 is 0 Å². The molecule has 0 radical (unpaired) electrons. The third-order valence-electron chi connectivity index (χ3n) is 4.49. The van der Waals surface area contributed by atoms with E-state index in [0.717, 1.165) is 24.3 Å². The topological polar surface area (TPSA) is 50.8 Å². The van der Waals surface area contributed by atoms with Crippen LogP contribution >= 0.6 is 0 Å². The van der Waals surface area contributed by atoms with Gasteiger partial charge in [0.1, 0.15) is 11.5 Å². The van der Waals surface area contributed by atoms with E-state index in [1.165, 1.54) is 0 Å². The average molecular weight is 370 g/mol. The number of carbonyl (C=O) groups excluding carboxylic acids is 1. The molecule has 0 bridgehead atoms. The summed E-state index contributed by atoms with van der Waals surface area (Å²) < 4.78 is 11.4. The molecule has 2 aromatic rings. The summed E-state index contributed by atoms with van der Waals surface area (Å²) in [6.45, 7) is 7.82. The van der Waals surface area contributed by atoms with Crippen LogP contribution < -0.4 is 14.8 Å². The number of nitrogens with one attached hydrogen (secondary N) is 1. The molecule has 5 nitrogen and oxygen atoms in total. The zero-order chi connectivity index (χ0) is 19.6. The van der Waals surface area contributed by atoms with Crippen LogP contribution in [0, 0.1) is 6.92 Å². The number of benzene rings is 2. The first-order valence-electron chi connectivity index (χ1n) is 9.44. The van der Waals surface area contributed by atoms with Gasteiger partial charge in [0.15, 0.2) is 0 Å². The Morgan fingerprint density at radius 2 is 1.74 bits per heavy atom. The van der Waals surface area contributed by atoms with Crippen LogP contribution in [-0.4, -0.2) is 43.7 Å². The Labute approximate surface area is 162 Å². The quantitative estimate of drug-likeness (QED) is 0.639. The van der Waals surface area contributed by atoms with Crippen LogP contribution in [0.1, 0.15) is 25.8 Å². The summed E-state index contributed by atoms with van der Waals surface area (Å²) in [4.78, 5) is 14.6. The fourth-order valence-electron chi connectivity index (χ4n) is 2.70. The van der Waals surface area contributed by atoms with Crippen molar-refractivity contribution >= 4 is 11.6 Å². The second kappa shape index (κ2) is 10.6. The van der Waals surface area contributed by atoms with E-state index in [2.05, 4.69) is 5.32 Å². The van der Waals surface area contributed by atoms with E-state index in [0.29, 0.717) is 24.7 Å². The van der Waals surface area contributed by atoms with Gasteiger partial charge in [0, 0.05) is 6.54 Å². The van der Waals surface area contributed by atoms with Crippen molar-refractivity contribution < 1.29 is 14.3 Å². The number of hydrogen-bond donors (Lipinski definition) is 1. The highest BCUT2D eigenvalue weighted by Gasteiger charge is 2.19. The van der Waals surface area contributed by atoms with Crippen LogP contribution in [0.4, 0.5) is 5.69 Å². The second-order valence-corrected chi connectivity index (χ2v) is 6.54. The zero-order valence-corrected chi connectivity index (χ0v) is 16.7. The maximum absolute atomic E-state index is 12.6. The van der Waals surface area contributed by atoms with Crippen molar-refractivity contribution in [3.05, 3.63) is 54.1 Å². The first kappa shape index (κ1) is 20.8. The first-order valence-corrected chi connectivity index (χ1v) is 9.44. The Hall–Kier alpha value is -2.53. The second-order valence-electron chi connectivity index (χ2n) is 6.54. The minimum atomic E-state index is -0.252. The summed E-state index contributed by atoms with van der Waals surface area (Å²) in [6, 6.07) is 15.2. The monoisotopic (exact) mass is 370 g/mol. The molecule has 1 atom stereocenters. The highest BCUT2D eigenvalue weighted by Crippen LogP contribution is 2.24. The maximum atomic E-state index is 12.6. The molecule has 5 heteroatoms. The number of anilines is 1. The third kappa shape index (κ3) is 6.29. The van der Waals surface area contributed by atoms with Crippen molar-refractivity contribution in [1.29, 1.82) is 0 Å². The van der Waals surface area contributed by atoms with Gasteiger partial charge in [0.2, 0.25) is 5.91 Å². The van der Waals surface area contributed by atoms with Crippen LogP contribution in [0.3, 0.4) is 0 Å². The van der Waals surface area contributed by atoms with Gasteiger partial charge in [0.05, 0.1) is 24.9 Å². The molecule has 1 amide bonds. The van der Waals surface area contributed by atoms with E-state index in [9.17, 15) is 4.79 Å². The minimum absolute atomic E-state index is 0.0514. The zero-order valence-electron chi connectivity index (χ0n) is 16.7. The van der Waals surface area contributed by atoms with Gasteiger partial charge in [-0.25, -0.2) is 0 Å². The molecule has 0 saturated carbocycles. The van der Waals surface area contributed by atoms with Gasteiger partial charge in [-0.2, -0.15) is 0 Å². The molecule has 1 N–H and O–H groups in total. The molecule has 1 unspecified atom stereocenters. The average Bonchev–Trinajstić information content (AvgIpc) is 2.67. The summed E-state index contributed by atoms with van der Waals surface area (Å²) >= 11 is 0. The number of ether oxygens (including phenoxy) is 2. The van der Waals surface area contributed by atoms with Crippen molar-refractivity contribution in [2.45, 2.75) is 33.2 Å². The Morgan fingerprint density at radius 1 is 1.07 bits per heavy atom. The number of amides is 1. The number of aryl methyl sites for hydroxylation is 1. The third-order valence-corrected chi connectivity index (χ3v) is 4.49. The Kier molecular flexibility index (Phi) is 8.14. The predicted molar refractivity (Wildman–Crippen MR) is 110 cm³/mol. The molecule has 0 heterocycles. The van der Waals surface area contributed by atoms with E-state index in [4.69, 9.17) is 9.47 Å². The molecule has 0 aliphatic rings. The molecule has 0 saturated heterocycles. The molecule has 27 heavy (non-hydrogen) atoms. The van der Waals surface area contributed by atoms with Gasteiger partial charge in [-0.15, -0.1) is 0 Å². The Balaban J connectivity index is 1.79. The number of likely N-dealkylation sites (N-methyl/N-ethyl adjacent to an activating group) is 1. The van der Waals surface area contributed by atoms with Crippen LogP contribution in [0.25, 0.3) is 0 Å². The van der Waals surface area contributed by atoms with Crippen LogP contribution in [0.2, 0.25) is 0 Å². The van der Waals surface area contributed by atoms with E-state index in [1.54, 1.807) is 0 Å². The normalized spacial score (nSPS) is 11.9. The van der Waals surface area contributed by atoms with Crippen LogP contribution in [0.5, 0.6) is 11.5 Å². The van der Waals surface area contributed by atoms with Crippen molar-refractivity contribution in [3.63, 3.8) is 0 Å². The van der Waals surface area contributed by atoms with Crippen LogP contribution in [-0.2, 0) is 4.79 Å². The molecule has 0 aliphatic heterocycles. The molecule has 2 aromatic carbocycles. The molecule has 146 valence electrons. The lowest BCUT2D eigenvalue weighted by atomic mass is 10.2. The van der Waals surface area contributed by atoms with Gasteiger partial charge >= 0.3 is 0 Å². The highest BCUT2D eigenvalue weighted by molar-refractivity contribution is 5.95. The van der Waals surface area contributed by atoms with Crippen molar-refractivity contribution in [3.8, 4) is 11.5 Å². The molecule has 0 fully saturated rings. The summed E-state index contributed by atoms with van der Waals surface area (Å²) in [5, 5.41) is 2.96. The molecular weight excluding hydrogens is 340 g/mol. The standard InChI is InChI=1S/C22H30N2O3/c1-5-26-21-14-9-7-12-19(21)23-22(25)18(3)24(4)15-10-16-27-20-13-8-6-11-17(20)2/h6-9,11-14,18H,5,10,15-16H2,1-4H3,(H,23,25). The first-order chi connectivity index (χ1) is 13.0. The van der Waals surface area contributed by atoms with Crippen LogP contribution in [0.15, 0.2) is 48.5 Å². The lowest BCUT2D eigenvalue weighted by molar-refractivity contribution is -0.120. The summed E-state index contributed by atoms with van der Waals surface area (Å²) in [5.41, 5.74) is 1.83. The number of nitrogens with zero attached hydrogens (tertiary/aromatic N) is 1. The number of hydrogen-bond acceptors (Lipinski definition) is 4. The molecular formula is C22H30N2O3. The van der Waals surface area contributed by atoms with E-state index in [-0.39, 0.29) is 11.9 Å². The SMILES string of the molecule is CCOc1ccccc1NC(=O)C(C)N(C)CCCOc1ccccc1C. The summed E-state index contributed by atoms with van der Waals surface area (Å²) in [7, 11) is 1.95. The number of carbonyl (C=O) groups is 1. The Morgan fingerprint density at radius 3 is 2.44 bits per heavy atom. The largest absolute Gasteiger partial charge is 0.493 e. The fourth-order valence-corrected chi connectivity index (χ4v) is 2.70. The summed E-state index contributed by atoms with van der Waals surface area (Å²) in [6.07, 6.45) is 0.845. The van der Waals surface area contributed by atoms with Crippen molar-refractivity contribution in [1.82, 2.24) is 4.90 Å². The van der Waals surface area contributed by atoms with E-state index < -0.39 is 0 Å². The minimum Gasteiger partial charge on any atom is -0.493 e. The molecule has 2 rings (SSSR count). The van der Waals surface area contributed by atoms with Gasteiger partial charge < -0.3 is 14.8 Å². The number of para-hydroxylation sites is 3. The summed E-state index contributed by atoms with van der Waals surface area (Å²) in [5.74, 6) is 1.55. The molecule has 0 spiro atoms. The lowest BCUT2D eigenvalue weighted by Gasteiger charge is -2.24. The maximum Gasteiger partial charge on any atom is 0.241 e. The van der Waals surface area contributed by atoms with Gasteiger partial charge in [-0.1, -0.05) is 30.3 Å². The number of rotatable bonds is 10. The lowest BCUT2D eigenvalue weighted by Crippen LogP contribution is -2.40. The fraction of sp³-hybridized carbons (Fsp3) is 0.409. The van der Waals surface area contributed by atoms with Crippen molar-refractivity contribution in [2.24, 2.45) is 0 Å². The van der Waals surface area contributed by atoms with Gasteiger partial charge in [0.25, 0.3) is 0 Å². The van der Waals surface area contributed by atoms with E-state index in [1.807, 2.05) is 81.2 Å². The van der Waals surface area contributed by atoms with Crippen molar-refractivity contribution in [2.75, 3.05) is 32.1 Å². The Bertz CT molecular complexity index is 733. The highest BCUT2D eigenvalue weighted by atomic mass is 16.5. The van der Waals surface area contributed by atoms with Gasteiger partial charge in [-0.3, -0.25) is 9.69 Å². The smallest absolute Gasteiger partial charge is 0.241 e.